The number of hydrogen-bond acceptors (Lipinski definition) is 3. The van der Waals surface area contributed by atoms with Crippen molar-refractivity contribution in [2.24, 2.45) is 0 Å². The third kappa shape index (κ3) is 1.46. The first-order valence-electron chi connectivity index (χ1n) is 4.46. The summed E-state index contributed by atoms with van der Waals surface area (Å²) >= 11 is 0. The van der Waals surface area contributed by atoms with Crippen molar-refractivity contribution in [3.63, 3.8) is 0 Å². The molecule has 2 aromatic heterocycles. The number of nitrogens with zero attached hydrogens (tertiary/aromatic N) is 3. The van der Waals surface area contributed by atoms with Crippen LogP contribution in [0, 0.1) is 6.92 Å². The van der Waals surface area contributed by atoms with E-state index in [0.29, 0.717) is 0 Å². The standard InChI is InChI=1S/C10H12N4/c1-8-4-5-9(10(11-2)13-8)14-7-3-6-12-14/h3-7H,1-2H3,(H,11,13). The minimum absolute atomic E-state index is 0.841. The summed E-state index contributed by atoms with van der Waals surface area (Å²) in [4.78, 5) is 4.38. The first kappa shape index (κ1) is 8.74. The van der Waals surface area contributed by atoms with E-state index in [9.17, 15) is 0 Å². The van der Waals surface area contributed by atoms with E-state index in [4.69, 9.17) is 0 Å². The zero-order valence-corrected chi connectivity index (χ0v) is 8.23. The third-order valence-electron chi connectivity index (χ3n) is 2.00. The summed E-state index contributed by atoms with van der Waals surface area (Å²) in [5, 5.41) is 7.21. The predicted octanol–water partition coefficient (Wildman–Crippen LogP) is 1.62. The lowest BCUT2D eigenvalue weighted by atomic mass is 10.3. The zero-order chi connectivity index (χ0) is 9.97. The normalized spacial score (nSPS) is 10.1. The molecule has 0 saturated carbocycles. The predicted molar refractivity (Wildman–Crippen MR) is 55.6 cm³/mol. The lowest BCUT2D eigenvalue weighted by Gasteiger charge is -2.08. The van der Waals surface area contributed by atoms with Gasteiger partial charge in [-0.05, 0) is 25.1 Å². The quantitative estimate of drug-likeness (QED) is 0.778. The second-order valence-electron chi connectivity index (χ2n) is 3.02. The number of anilines is 1. The molecule has 4 nitrogen and oxygen atoms in total. The molecule has 0 aliphatic heterocycles. The minimum atomic E-state index is 0.841. The number of aryl methyl sites for hydroxylation is 1. The summed E-state index contributed by atoms with van der Waals surface area (Å²) in [5.74, 6) is 0.841. The summed E-state index contributed by atoms with van der Waals surface area (Å²) < 4.78 is 1.79. The fraction of sp³-hybridized carbons (Fsp3) is 0.200. The molecule has 14 heavy (non-hydrogen) atoms. The molecule has 0 atom stereocenters. The fourth-order valence-electron chi connectivity index (χ4n) is 1.33. The Kier molecular flexibility index (Phi) is 2.18. The summed E-state index contributed by atoms with van der Waals surface area (Å²) in [5.41, 5.74) is 1.95. The monoisotopic (exact) mass is 188 g/mol. The van der Waals surface area contributed by atoms with Gasteiger partial charge in [0.2, 0.25) is 0 Å². The SMILES string of the molecule is CNc1nc(C)ccc1-n1cccn1. The van der Waals surface area contributed by atoms with Gasteiger partial charge in [-0.2, -0.15) is 5.10 Å². The van der Waals surface area contributed by atoms with E-state index in [1.54, 1.807) is 10.9 Å². The topological polar surface area (TPSA) is 42.7 Å². The van der Waals surface area contributed by atoms with Gasteiger partial charge in [-0.15, -0.1) is 0 Å². The molecule has 0 aromatic carbocycles. The maximum absolute atomic E-state index is 4.38. The molecule has 72 valence electrons. The lowest BCUT2D eigenvalue weighted by molar-refractivity contribution is 0.873. The first-order valence-corrected chi connectivity index (χ1v) is 4.46. The van der Waals surface area contributed by atoms with E-state index in [0.717, 1.165) is 17.2 Å². The van der Waals surface area contributed by atoms with Crippen LogP contribution in [0.5, 0.6) is 0 Å². The Hall–Kier alpha value is -1.84. The molecule has 4 heteroatoms. The molecule has 0 aliphatic rings. The van der Waals surface area contributed by atoms with Gasteiger partial charge in [0.05, 0.1) is 0 Å². The van der Waals surface area contributed by atoms with Gasteiger partial charge in [0.15, 0.2) is 5.82 Å². The molecule has 2 rings (SSSR count). The van der Waals surface area contributed by atoms with Crippen molar-refractivity contribution in [2.75, 3.05) is 12.4 Å². The number of rotatable bonds is 2. The van der Waals surface area contributed by atoms with Gasteiger partial charge >= 0.3 is 0 Å². The average molecular weight is 188 g/mol. The van der Waals surface area contributed by atoms with Gasteiger partial charge in [0, 0.05) is 25.1 Å². The van der Waals surface area contributed by atoms with Crippen LogP contribution in [-0.4, -0.2) is 21.8 Å². The molecule has 0 bridgehead atoms. The minimum Gasteiger partial charge on any atom is -0.371 e. The van der Waals surface area contributed by atoms with Crippen molar-refractivity contribution in [1.82, 2.24) is 14.8 Å². The van der Waals surface area contributed by atoms with Crippen molar-refractivity contribution < 1.29 is 0 Å². The molecule has 0 radical (unpaired) electrons. The van der Waals surface area contributed by atoms with Crippen LogP contribution < -0.4 is 5.32 Å². The first-order chi connectivity index (χ1) is 6.81. The molecule has 0 spiro atoms. The van der Waals surface area contributed by atoms with E-state index in [1.807, 2.05) is 38.4 Å². The summed E-state index contributed by atoms with van der Waals surface area (Å²) in [7, 11) is 1.86. The number of hydrogen-bond donors (Lipinski definition) is 1. The van der Waals surface area contributed by atoms with E-state index in [1.165, 1.54) is 0 Å². The Balaban J connectivity index is 2.53. The van der Waals surface area contributed by atoms with E-state index >= 15 is 0 Å². The van der Waals surface area contributed by atoms with Crippen LogP contribution in [0.25, 0.3) is 5.69 Å². The van der Waals surface area contributed by atoms with Crippen molar-refractivity contribution in [2.45, 2.75) is 6.92 Å². The Morgan fingerprint density at radius 2 is 2.21 bits per heavy atom. The van der Waals surface area contributed by atoms with Crippen LogP contribution in [0.15, 0.2) is 30.6 Å². The van der Waals surface area contributed by atoms with Crippen LogP contribution in [0.3, 0.4) is 0 Å². The zero-order valence-electron chi connectivity index (χ0n) is 8.23. The van der Waals surface area contributed by atoms with Crippen LogP contribution in [0.4, 0.5) is 5.82 Å². The smallest absolute Gasteiger partial charge is 0.152 e. The molecule has 2 aromatic rings. The summed E-state index contributed by atoms with van der Waals surface area (Å²) in [6.45, 7) is 1.97. The maximum Gasteiger partial charge on any atom is 0.152 e. The van der Waals surface area contributed by atoms with Gasteiger partial charge in [-0.25, -0.2) is 9.67 Å². The highest BCUT2D eigenvalue weighted by Crippen LogP contribution is 2.16. The highest BCUT2D eigenvalue weighted by Gasteiger charge is 2.04. The Labute approximate surface area is 82.6 Å². The number of nitrogens with one attached hydrogen (secondary N) is 1. The van der Waals surface area contributed by atoms with E-state index < -0.39 is 0 Å². The Morgan fingerprint density at radius 1 is 1.36 bits per heavy atom. The number of aromatic nitrogens is 3. The third-order valence-corrected chi connectivity index (χ3v) is 2.00. The van der Waals surface area contributed by atoms with Gasteiger partial charge < -0.3 is 5.32 Å². The second-order valence-corrected chi connectivity index (χ2v) is 3.02. The van der Waals surface area contributed by atoms with Crippen LogP contribution in [0.1, 0.15) is 5.69 Å². The van der Waals surface area contributed by atoms with Crippen molar-refractivity contribution >= 4 is 5.82 Å². The molecule has 0 fully saturated rings. The van der Waals surface area contributed by atoms with Crippen LogP contribution >= 0.6 is 0 Å². The molecular formula is C10H12N4. The molecular weight excluding hydrogens is 176 g/mol. The average Bonchev–Trinajstić information content (AvgIpc) is 2.70. The molecule has 0 unspecified atom stereocenters. The largest absolute Gasteiger partial charge is 0.371 e. The van der Waals surface area contributed by atoms with E-state index in [-0.39, 0.29) is 0 Å². The van der Waals surface area contributed by atoms with Crippen LogP contribution in [0.2, 0.25) is 0 Å². The molecule has 0 amide bonds. The Bertz CT molecular complexity index is 420. The second kappa shape index (κ2) is 3.49. The van der Waals surface area contributed by atoms with Crippen LogP contribution in [-0.2, 0) is 0 Å². The lowest BCUT2D eigenvalue weighted by Crippen LogP contribution is -2.03. The maximum atomic E-state index is 4.38. The Morgan fingerprint density at radius 3 is 2.86 bits per heavy atom. The van der Waals surface area contributed by atoms with Crippen molar-refractivity contribution in [3.05, 3.63) is 36.3 Å². The van der Waals surface area contributed by atoms with Crippen molar-refractivity contribution in [1.29, 1.82) is 0 Å². The highest BCUT2D eigenvalue weighted by molar-refractivity contribution is 5.55. The summed E-state index contributed by atoms with van der Waals surface area (Å²) in [6.07, 6.45) is 3.65. The summed E-state index contributed by atoms with van der Waals surface area (Å²) in [6, 6.07) is 5.86. The van der Waals surface area contributed by atoms with Gasteiger partial charge in [-0.3, -0.25) is 0 Å². The molecule has 0 aliphatic carbocycles. The van der Waals surface area contributed by atoms with Gasteiger partial charge in [-0.1, -0.05) is 0 Å². The van der Waals surface area contributed by atoms with E-state index in [2.05, 4.69) is 15.4 Å². The fourth-order valence-corrected chi connectivity index (χ4v) is 1.33. The molecule has 0 saturated heterocycles. The number of pyridine rings is 1. The van der Waals surface area contributed by atoms with Gasteiger partial charge in [0.25, 0.3) is 0 Å². The van der Waals surface area contributed by atoms with Crippen molar-refractivity contribution in [3.8, 4) is 5.69 Å². The highest BCUT2D eigenvalue weighted by atomic mass is 15.3. The molecule has 2 heterocycles. The van der Waals surface area contributed by atoms with Gasteiger partial charge in [0.1, 0.15) is 5.69 Å². The molecule has 1 N–H and O–H groups in total.